The Morgan fingerprint density at radius 1 is 1.09 bits per heavy atom. The predicted molar refractivity (Wildman–Crippen MR) is 73.7 cm³/mol. The number of hydrogen-bond acceptors (Lipinski definition) is 4. The third-order valence-corrected chi connectivity index (χ3v) is 3.18. The van der Waals surface area contributed by atoms with Gasteiger partial charge in [-0.25, -0.2) is 23.1 Å². The highest BCUT2D eigenvalue weighted by molar-refractivity contribution is 6.11. The summed E-state index contributed by atoms with van der Waals surface area (Å²) in [6, 6.07) is 4.72. The van der Waals surface area contributed by atoms with Crippen LogP contribution in [0.15, 0.2) is 36.8 Å². The third kappa shape index (κ3) is 2.16. The first-order valence-electron chi connectivity index (χ1n) is 6.16. The van der Waals surface area contributed by atoms with E-state index in [1.54, 1.807) is 0 Å². The smallest absolute Gasteiger partial charge is 0.199 e. The fourth-order valence-electron chi connectivity index (χ4n) is 2.09. The Morgan fingerprint density at radius 2 is 1.86 bits per heavy atom. The van der Waals surface area contributed by atoms with E-state index in [1.165, 1.54) is 30.7 Å². The zero-order valence-corrected chi connectivity index (χ0v) is 11.0. The molecule has 4 nitrogen and oxygen atoms in total. The first-order valence-corrected chi connectivity index (χ1v) is 6.16. The number of aromatic nitrogens is 2. The van der Waals surface area contributed by atoms with Crippen molar-refractivity contribution in [2.24, 2.45) is 0 Å². The van der Waals surface area contributed by atoms with Crippen LogP contribution >= 0.6 is 0 Å². The van der Waals surface area contributed by atoms with Gasteiger partial charge in [-0.2, -0.15) is 0 Å². The largest absolute Gasteiger partial charge is 0.396 e. The lowest BCUT2D eigenvalue weighted by atomic mass is 10.00. The van der Waals surface area contributed by atoms with E-state index in [4.69, 9.17) is 5.73 Å². The number of carbonyl (C=O) groups is 1. The molecule has 0 bridgehead atoms. The van der Waals surface area contributed by atoms with Crippen molar-refractivity contribution in [1.82, 2.24) is 9.97 Å². The van der Waals surface area contributed by atoms with Crippen LogP contribution in [0.25, 0.3) is 10.9 Å². The second-order valence-electron chi connectivity index (χ2n) is 4.58. The lowest BCUT2D eigenvalue weighted by Gasteiger charge is -2.08. The number of ketones is 1. The van der Waals surface area contributed by atoms with E-state index in [9.17, 15) is 18.0 Å². The summed E-state index contributed by atoms with van der Waals surface area (Å²) in [5, 5.41) is 0.513. The first-order chi connectivity index (χ1) is 10.5. The molecule has 0 aliphatic rings. The number of halogens is 3. The van der Waals surface area contributed by atoms with Crippen LogP contribution in [0, 0.1) is 17.5 Å². The van der Waals surface area contributed by atoms with Crippen LogP contribution < -0.4 is 5.73 Å². The molecule has 2 aromatic carbocycles. The van der Waals surface area contributed by atoms with Gasteiger partial charge in [-0.3, -0.25) is 4.79 Å². The van der Waals surface area contributed by atoms with Gasteiger partial charge in [0.05, 0.1) is 16.8 Å². The zero-order chi connectivity index (χ0) is 15.9. The fourth-order valence-corrected chi connectivity index (χ4v) is 2.09. The van der Waals surface area contributed by atoms with Gasteiger partial charge >= 0.3 is 0 Å². The Balaban J connectivity index is 2.18. The number of carbonyl (C=O) groups excluding carboxylic acids is 1. The molecule has 2 N–H and O–H groups in total. The Morgan fingerprint density at radius 3 is 2.64 bits per heavy atom. The fraction of sp³-hybridized carbons (Fsp3) is 0. The number of hydrogen-bond donors (Lipinski definition) is 1. The summed E-state index contributed by atoms with van der Waals surface area (Å²) in [4.78, 5) is 20.1. The number of nitrogens with two attached hydrogens (primary N) is 1. The highest BCUT2D eigenvalue weighted by Gasteiger charge is 2.24. The Bertz CT molecular complexity index is 886. The van der Waals surface area contributed by atoms with Crippen molar-refractivity contribution in [1.29, 1.82) is 0 Å². The van der Waals surface area contributed by atoms with Gasteiger partial charge in [-0.05, 0) is 18.2 Å². The van der Waals surface area contributed by atoms with Gasteiger partial charge in [0, 0.05) is 23.2 Å². The van der Waals surface area contributed by atoms with Crippen molar-refractivity contribution in [3.8, 4) is 0 Å². The molecule has 0 amide bonds. The van der Waals surface area contributed by atoms with E-state index in [2.05, 4.69) is 9.97 Å². The van der Waals surface area contributed by atoms with Crippen molar-refractivity contribution in [2.75, 3.05) is 5.73 Å². The molecule has 7 heteroatoms. The maximum atomic E-state index is 13.9. The maximum absolute atomic E-state index is 13.9. The van der Waals surface area contributed by atoms with E-state index in [1.807, 2.05) is 0 Å². The van der Waals surface area contributed by atoms with Crippen LogP contribution in [0.3, 0.4) is 0 Å². The number of benzene rings is 2. The highest BCUT2D eigenvalue weighted by atomic mass is 19.2. The third-order valence-electron chi connectivity index (χ3n) is 3.18. The van der Waals surface area contributed by atoms with Gasteiger partial charge in [-0.1, -0.05) is 0 Å². The van der Waals surface area contributed by atoms with E-state index in [-0.39, 0.29) is 5.56 Å². The molecule has 110 valence electrons. The van der Waals surface area contributed by atoms with Gasteiger partial charge in [0.15, 0.2) is 23.2 Å². The predicted octanol–water partition coefficient (Wildman–Crippen LogP) is 2.86. The molecule has 0 saturated heterocycles. The van der Waals surface area contributed by atoms with Gasteiger partial charge in [-0.15, -0.1) is 0 Å². The van der Waals surface area contributed by atoms with Crippen LogP contribution in [-0.2, 0) is 0 Å². The minimum atomic E-state index is -1.57. The average Bonchev–Trinajstić information content (AvgIpc) is 2.52. The van der Waals surface area contributed by atoms with E-state index in [0.29, 0.717) is 17.0 Å². The normalized spacial score (nSPS) is 10.9. The van der Waals surface area contributed by atoms with Crippen molar-refractivity contribution < 1.29 is 18.0 Å². The van der Waals surface area contributed by atoms with E-state index < -0.39 is 34.5 Å². The second-order valence-corrected chi connectivity index (χ2v) is 4.58. The molecule has 1 heterocycles. The molecule has 1 aromatic heterocycles. The van der Waals surface area contributed by atoms with Gasteiger partial charge in [0.2, 0.25) is 0 Å². The molecular weight excluding hydrogens is 295 g/mol. The molecule has 3 aromatic rings. The number of fused-ring (bicyclic) bond motifs is 1. The number of rotatable bonds is 2. The summed E-state index contributed by atoms with van der Waals surface area (Å²) >= 11 is 0. The molecular formula is C15H8F3N3O. The number of anilines is 1. The summed E-state index contributed by atoms with van der Waals surface area (Å²) < 4.78 is 41.0. The Labute approximate surface area is 122 Å². The summed E-state index contributed by atoms with van der Waals surface area (Å²) in [5.41, 5.74) is 4.13. The summed E-state index contributed by atoms with van der Waals surface area (Å²) in [6.45, 7) is 0. The molecule has 0 fully saturated rings. The van der Waals surface area contributed by atoms with Crippen molar-refractivity contribution >= 4 is 22.4 Å². The molecule has 0 saturated carbocycles. The molecule has 0 unspecified atom stereocenters. The van der Waals surface area contributed by atoms with Crippen LogP contribution in [0.4, 0.5) is 18.9 Å². The molecule has 22 heavy (non-hydrogen) atoms. The molecule has 0 radical (unpaired) electrons. The lowest BCUT2D eigenvalue weighted by molar-refractivity contribution is 0.103. The van der Waals surface area contributed by atoms with Crippen LogP contribution in [-0.4, -0.2) is 15.8 Å². The lowest BCUT2D eigenvalue weighted by Crippen LogP contribution is -2.11. The SMILES string of the molecule is Nc1cc(F)c(F)c(C(=O)c2ccc3ncncc3c2)c1F. The molecule has 0 spiro atoms. The van der Waals surface area contributed by atoms with E-state index in [0.717, 1.165) is 0 Å². The van der Waals surface area contributed by atoms with Crippen LogP contribution in [0.1, 0.15) is 15.9 Å². The monoisotopic (exact) mass is 303 g/mol. The summed E-state index contributed by atoms with van der Waals surface area (Å²) in [6.07, 6.45) is 2.78. The first kappa shape index (κ1) is 14.0. The second kappa shape index (κ2) is 5.10. The van der Waals surface area contributed by atoms with Crippen molar-refractivity contribution in [3.05, 3.63) is 65.4 Å². The highest BCUT2D eigenvalue weighted by Crippen LogP contribution is 2.25. The Kier molecular flexibility index (Phi) is 3.25. The standard InChI is InChI=1S/C15H8F3N3O/c16-9-4-10(19)14(18)12(13(9)17)15(22)7-1-2-11-8(3-7)5-20-6-21-11/h1-6H,19H2. The molecule has 0 aliphatic carbocycles. The van der Waals surface area contributed by atoms with Gasteiger partial charge < -0.3 is 5.73 Å². The van der Waals surface area contributed by atoms with Crippen LogP contribution in [0.5, 0.6) is 0 Å². The molecule has 0 aliphatic heterocycles. The zero-order valence-electron chi connectivity index (χ0n) is 11.0. The summed E-state index contributed by atoms with van der Waals surface area (Å²) in [7, 11) is 0. The topological polar surface area (TPSA) is 68.9 Å². The maximum Gasteiger partial charge on any atom is 0.199 e. The average molecular weight is 303 g/mol. The Hall–Kier alpha value is -2.96. The number of nitrogen functional groups attached to an aromatic ring is 1. The quantitative estimate of drug-likeness (QED) is 0.449. The van der Waals surface area contributed by atoms with Crippen molar-refractivity contribution in [2.45, 2.75) is 0 Å². The number of nitrogens with zero attached hydrogens (tertiary/aromatic N) is 2. The minimum Gasteiger partial charge on any atom is -0.396 e. The minimum absolute atomic E-state index is 0.0231. The summed E-state index contributed by atoms with van der Waals surface area (Å²) in [5.74, 6) is -5.24. The van der Waals surface area contributed by atoms with Crippen LogP contribution in [0.2, 0.25) is 0 Å². The van der Waals surface area contributed by atoms with Gasteiger partial charge in [0.25, 0.3) is 0 Å². The van der Waals surface area contributed by atoms with E-state index >= 15 is 0 Å². The molecule has 3 rings (SSSR count). The van der Waals surface area contributed by atoms with Gasteiger partial charge in [0.1, 0.15) is 6.33 Å². The molecule has 0 atom stereocenters. The van der Waals surface area contributed by atoms with Crippen molar-refractivity contribution in [3.63, 3.8) is 0 Å².